The summed E-state index contributed by atoms with van der Waals surface area (Å²) >= 11 is 7.33. The Labute approximate surface area is 147 Å². The summed E-state index contributed by atoms with van der Waals surface area (Å²) in [6.07, 6.45) is -0.756. The molecule has 0 aliphatic rings. The number of benzene rings is 1. The molecule has 2 aromatic heterocycles. The van der Waals surface area contributed by atoms with Gasteiger partial charge in [-0.15, -0.1) is 11.3 Å². The molecule has 1 atom stereocenters. The molecule has 1 unspecified atom stereocenters. The number of rotatable bonds is 4. The number of ether oxygens (including phenoxy) is 1. The van der Waals surface area contributed by atoms with Crippen LogP contribution in [0.1, 0.15) is 29.2 Å². The van der Waals surface area contributed by atoms with E-state index in [1.165, 1.54) is 18.3 Å². The number of fused-ring (bicyclic) bond motifs is 1. The van der Waals surface area contributed by atoms with Crippen molar-refractivity contribution in [1.82, 2.24) is 9.78 Å². The molecule has 0 bridgehead atoms. The maximum atomic E-state index is 12.2. The minimum atomic E-state index is -0.756. The largest absolute Gasteiger partial charge is 0.450 e. The minimum Gasteiger partial charge on any atom is -0.450 e. The zero-order chi connectivity index (χ0) is 17.4. The Morgan fingerprint density at radius 2 is 2.08 bits per heavy atom. The lowest BCUT2D eigenvalue weighted by molar-refractivity contribution is -0.124. The summed E-state index contributed by atoms with van der Waals surface area (Å²) in [5.41, 5.74) is 1.62. The van der Waals surface area contributed by atoms with Crippen molar-refractivity contribution in [3.63, 3.8) is 0 Å². The summed E-state index contributed by atoms with van der Waals surface area (Å²) in [7, 11) is 0. The fraction of sp³-hybridized carbons (Fsp3) is 0.235. The fourth-order valence-electron chi connectivity index (χ4n) is 2.23. The van der Waals surface area contributed by atoms with Crippen molar-refractivity contribution in [3.05, 3.63) is 45.9 Å². The molecule has 0 radical (unpaired) electrons. The summed E-state index contributed by atoms with van der Waals surface area (Å²) in [6.45, 7) is 4.83. The van der Waals surface area contributed by atoms with Crippen LogP contribution in [-0.2, 0) is 9.53 Å². The lowest BCUT2D eigenvalue weighted by atomic mass is 10.3. The van der Waals surface area contributed by atoms with Gasteiger partial charge in [-0.1, -0.05) is 17.7 Å². The number of hydrogen-bond acceptors (Lipinski definition) is 5. The fourth-order valence-corrected chi connectivity index (χ4v) is 3.48. The molecular formula is C17H15ClN2O3S. The number of halogens is 1. The molecule has 0 saturated carbocycles. The van der Waals surface area contributed by atoms with E-state index in [9.17, 15) is 9.59 Å². The number of esters is 1. The third-order valence-electron chi connectivity index (χ3n) is 3.65. The lowest BCUT2D eigenvalue weighted by Gasteiger charge is -2.08. The summed E-state index contributed by atoms with van der Waals surface area (Å²) in [4.78, 5) is 24.8. The number of carbonyl (C=O) groups excluding carboxylic acids is 2. The van der Waals surface area contributed by atoms with Crippen molar-refractivity contribution in [1.29, 1.82) is 0 Å². The second-order valence-electron chi connectivity index (χ2n) is 5.46. The molecule has 3 aromatic rings. The first-order chi connectivity index (χ1) is 11.4. The molecule has 3 rings (SSSR count). The molecule has 7 heteroatoms. The van der Waals surface area contributed by atoms with Gasteiger partial charge >= 0.3 is 5.97 Å². The maximum Gasteiger partial charge on any atom is 0.349 e. The van der Waals surface area contributed by atoms with Crippen LogP contribution in [0.3, 0.4) is 0 Å². The van der Waals surface area contributed by atoms with Crippen molar-refractivity contribution in [2.75, 3.05) is 0 Å². The average Bonchev–Trinajstić information content (AvgIpc) is 3.08. The first-order valence-corrected chi connectivity index (χ1v) is 8.53. The Kier molecular flexibility index (Phi) is 4.43. The number of nitrogens with zero attached hydrogens (tertiary/aromatic N) is 2. The van der Waals surface area contributed by atoms with E-state index in [0.29, 0.717) is 9.90 Å². The maximum absolute atomic E-state index is 12.2. The quantitative estimate of drug-likeness (QED) is 0.653. The van der Waals surface area contributed by atoms with E-state index in [4.69, 9.17) is 16.3 Å². The van der Waals surface area contributed by atoms with Gasteiger partial charge in [-0.05, 0) is 45.0 Å². The number of ketones is 1. The van der Waals surface area contributed by atoms with Gasteiger partial charge in [0, 0.05) is 10.4 Å². The van der Waals surface area contributed by atoms with Crippen molar-refractivity contribution in [3.8, 4) is 5.69 Å². The number of hydrogen-bond donors (Lipinski definition) is 0. The highest BCUT2D eigenvalue weighted by atomic mass is 35.5. The van der Waals surface area contributed by atoms with Crippen molar-refractivity contribution < 1.29 is 14.3 Å². The van der Waals surface area contributed by atoms with Crippen LogP contribution in [0.25, 0.3) is 15.9 Å². The number of aryl methyl sites for hydroxylation is 1. The Morgan fingerprint density at radius 1 is 1.33 bits per heavy atom. The molecule has 0 fully saturated rings. The molecule has 0 aliphatic heterocycles. The Bertz CT molecular complexity index is 945. The van der Waals surface area contributed by atoms with Gasteiger partial charge in [0.2, 0.25) is 0 Å². The van der Waals surface area contributed by atoms with Gasteiger partial charge in [0.05, 0.1) is 11.4 Å². The van der Waals surface area contributed by atoms with Crippen LogP contribution in [0, 0.1) is 6.92 Å². The summed E-state index contributed by atoms with van der Waals surface area (Å²) in [5.74, 6) is -0.693. The average molecular weight is 363 g/mol. The van der Waals surface area contributed by atoms with Gasteiger partial charge in [-0.2, -0.15) is 5.10 Å². The number of thiophene rings is 1. The molecule has 0 aliphatic carbocycles. The molecule has 2 heterocycles. The third kappa shape index (κ3) is 3.07. The van der Waals surface area contributed by atoms with Gasteiger partial charge in [-0.25, -0.2) is 9.48 Å². The van der Waals surface area contributed by atoms with E-state index in [1.807, 2.05) is 25.1 Å². The molecule has 0 spiro atoms. The lowest BCUT2D eigenvalue weighted by Crippen LogP contribution is -2.21. The molecule has 0 N–H and O–H groups in total. The van der Waals surface area contributed by atoms with Gasteiger partial charge < -0.3 is 4.74 Å². The van der Waals surface area contributed by atoms with Crippen LogP contribution >= 0.6 is 22.9 Å². The summed E-state index contributed by atoms with van der Waals surface area (Å²) in [5, 5.41) is 6.00. The van der Waals surface area contributed by atoms with E-state index >= 15 is 0 Å². The topological polar surface area (TPSA) is 61.2 Å². The van der Waals surface area contributed by atoms with Crippen molar-refractivity contribution in [2.24, 2.45) is 0 Å². The second-order valence-corrected chi connectivity index (χ2v) is 6.93. The monoisotopic (exact) mass is 362 g/mol. The van der Waals surface area contributed by atoms with Crippen molar-refractivity contribution >= 4 is 44.9 Å². The van der Waals surface area contributed by atoms with Gasteiger partial charge in [0.1, 0.15) is 9.71 Å². The third-order valence-corrected chi connectivity index (χ3v) is 4.98. The number of aromatic nitrogens is 2. The highest BCUT2D eigenvalue weighted by Gasteiger charge is 2.21. The van der Waals surface area contributed by atoms with E-state index in [0.717, 1.165) is 21.6 Å². The van der Waals surface area contributed by atoms with Gasteiger partial charge in [0.15, 0.2) is 11.9 Å². The van der Waals surface area contributed by atoms with Crippen LogP contribution < -0.4 is 0 Å². The van der Waals surface area contributed by atoms with Crippen LogP contribution in [0.5, 0.6) is 0 Å². The zero-order valence-electron chi connectivity index (χ0n) is 13.4. The van der Waals surface area contributed by atoms with Gasteiger partial charge in [0.25, 0.3) is 0 Å². The van der Waals surface area contributed by atoms with E-state index in [2.05, 4.69) is 5.10 Å². The van der Waals surface area contributed by atoms with Gasteiger partial charge in [-0.3, -0.25) is 4.79 Å². The highest BCUT2D eigenvalue weighted by molar-refractivity contribution is 7.20. The standard InChI is InChI=1S/C17H15ClN2O3S/c1-9-14-8-15(17(22)23-11(3)10(2)21)24-16(14)20(19-9)13-6-4-5-12(18)7-13/h4-8,11H,1-3H3. The zero-order valence-corrected chi connectivity index (χ0v) is 14.9. The number of carbonyl (C=O) groups is 2. The highest BCUT2D eigenvalue weighted by Crippen LogP contribution is 2.31. The molecule has 5 nitrogen and oxygen atoms in total. The normalized spacial score (nSPS) is 12.3. The van der Waals surface area contributed by atoms with Crippen molar-refractivity contribution in [2.45, 2.75) is 26.9 Å². The number of Topliss-reactive ketones (excluding diaryl/α,β-unsaturated/α-hetero) is 1. The first-order valence-electron chi connectivity index (χ1n) is 7.33. The van der Waals surface area contributed by atoms with E-state index in [-0.39, 0.29) is 5.78 Å². The molecule has 24 heavy (non-hydrogen) atoms. The van der Waals surface area contributed by atoms with E-state index < -0.39 is 12.1 Å². The second kappa shape index (κ2) is 6.37. The molecule has 0 amide bonds. The summed E-state index contributed by atoms with van der Waals surface area (Å²) < 4.78 is 6.93. The summed E-state index contributed by atoms with van der Waals surface area (Å²) in [6, 6.07) is 9.09. The molecule has 1 aromatic carbocycles. The Balaban J connectivity index is 2.01. The molecular weight excluding hydrogens is 348 g/mol. The minimum absolute atomic E-state index is 0.189. The molecule has 124 valence electrons. The Hall–Kier alpha value is -2.18. The van der Waals surface area contributed by atoms with E-state index in [1.54, 1.807) is 23.7 Å². The first kappa shape index (κ1) is 16.7. The predicted molar refractivity (Wildman–Crippen MR) is 94.3 cm³/mol. The van der Waals surface area contributed by atoms with Crippen LogP contribution in [0.15, 0.2) is 30.3 Å². The SMILES string of the molecule is CC(=O)C(C)OC(=O)c1cc2c(C)nn(-c3cccc(Cl)c3)c2s1. The van der Waals surface area contributed by atoms with Crippen LogP contribution in [-0.4, -0.2) is 27.6 Å². The Morgan fingerprint density at radius 3 is 2.75 bits per heavy atom. The molecule has 0 saturated heterocycles. The van der Waals surface area contributed by atoms with Crippen LogP contribution in [0.4, 0.5) is 0 Å². The smallest absolute Gasteiger partial charge is 0.349 e. The predicted octanol–water partition coefficient (Wildman–Crippen LogP) is 4.18. The van der Waals surface area contributed by atoms with Crippen LogP contribution in [0.2, 0.25) is 5.02 Å².